The molecular weight excluding hydrogens is 753 g/mol. The minimum absolute atomic E-state index is 0.101. The van der Waals surface area contributed by atoms with Crippen molar-refractivity contribution < 1.29 is 14.3 Å². The molecule has 0 bridgehead atoms. The molecule has 3 saturated carbocycles. The zero-order valence-electron chi connectivity index (χ0n) is 33.6. The molecule has 0 atom stereocenters. The number of rotatable bonds is 10. The lowest BCUT2D eigenvalue weighted by molar-refractivity contribution is -0.140. The van der Waals surface area contributed by atoms with Gasteiger partial charge in [0.25, 0.3) is 0 Å². The largest absolute Gasteiger partial charge is 0.477 e. The molecule has 2 spiro atoms. The molecule has 3 heterocycles. The molecule has 5 aliphatic rings. The number of carbonyl (C=O) groups excluding carboxylic acids is 2. The molecule has 8 nitrogen and oxygen atoms in total. The molecule has 0 unspecified atom stereocenters. The average molecular weight is 813 g/mol. The van der Waals surface area contributed by atoms with E-state index in [4.69, 9.17) is 39.5 Å². The Balaban J connectivity index is 0.000000180. The second-order valence-corrected chi connectivity index (χ2v) is 19.7. The summed E-state index contributed by atoms with van der Waals surface area (Å²) in [6, 6.07) is 12.9. The summed E-state index contributed by atoms with van der Waals surface area (Å²) in [7, 11) is 0. The van der Waals surface area contributed by atoms with Gasteiger partial charge in [0.2, 0.25) is 17.7 Å². The number of hydrogen-bond acceptors (Lipinski definition) is 6. The van der Waals surface area contributed by atoms with Crippen LogP contribution in [0, 0.1) is 28.1 Å². The van der Waals surface area contributed by atoms with E-state index in [2.05, 4.69) is 32.3 Å². The SMILES string of the molecule is CC.CC(C)(C)NC(=O)CN1CC2(CC(COc3nccc4ccc(Cl)cc34)C2)C1.CC1(CCN2CC3(CC(C(=O)Nc4cc(Cl)cc(Cl)c4)C3)C2)CCC1. The lowest BCUT2D eigenvalue weighted by Gasteiger charge is -2.59. The van der Waals surface area contributed by atoms with Crippen LogP contribution in [-0.4, -0.2) is 78.0 Å². The number of halogens is 3. The third-order valence-electron chi connectivity index (χ3n) is 12.2. The first-order valence-electron chi connectivity index (χ1n) is 20.3. The first kappa shape index (κ1) is 42.0. The highest BCUT2D eigenvalue weighted by Gasteiger charge is 2.54. The van der Waals surface area contributed by atoms with E-state index in [0.717, 1.165) is 49.5 Å². The first-order valence-corrected chi connectivity index (χ1v) is 21.4. The van der Waals surface area contributed by atoms with E-state index in [9.17, 15) is 9.59 Å². The van der Waals surface area contributed by atoms with Crippen molar-refractivity contribution in [2.45, 2.75) is 98.4 Å². The van der Waals surface area contributed by atoms with E-state index >= 15 is 0 Å². The standard InChI is InChI=1S/C22H28ClN3O2.C20H26Cl2N2O.C2H6/c1-21(2,3)25-19(27)11-26-13-22(14-26)9-15(10-22)12-28-20-18-8-17(23)5-4-16(18)6-7-24-20;1-19(3-2-4-19)5-6-24-12-20(13-24)10-14(11-20)18(25)23-17-8-15(21)7-16(22)9-17;1-2/h4-8,15H,9-14H2,1-3H3,(H,25,27);7-9,14H,2-6,10-13H2,1H3,(H,23,25);1-2H3. The van der Waals surface area contributed by atoms with Crippen LogP contribution >= 0.6 is 34.8 Å². The van der Waals surface area contributed by atoms with Crippen LogP contribution in [0.15, 0.2) is 48.7 Å². The van der Waals surface area contributed by atoms with Gasteiger partial charge < -0.3 is 20.3 Å². The fraction of sp³-hybridized carbons (Fsp3) is 0.614. The summed E-state index contributed by atoms with van der Waals surface area (Å²) in [5, 5.41) is 9.82. The molecular formula is C44H60Cl3N5O3. The van der Waals surface area contributed by atoms with Crippen LogP contribution in [0.2, 0.25) is 15.1 Å². The van der Waals surface area contributed by atoms with E-state index in [1.54, 1.807) is 24.4 Å². The summed E-state index contributed by atoms with van der Waals surface area (Å²) >= 11 is 18.1. The first-order chi connectivity index (χ1) is 26.1. The monoisotopic (exact) mass is 811 g/mol. The van der Waals surface area contributed by atoms with Gasteiger partial charge in [0.1, 0.15) is 0 Å². The van der Waals surface area contributed by atoms with E-state index in [1.807, 2.05) is 58.9 Å². The second-order valence-electron chi connectivity index (χ2n) is 18.4. The van der Waals surface area contributed by atoms with Crippen molar-refractivity contribution in [2.75, 3.05) is 51.2 Å². The van der Waals surface area contributed by atoms with E-state index in [0.29, 0.717) is 61.9 Å². The van der Waals surface area contributed by atoms with Crippen LogP contribution in [0.1, 0.15) is 92.9 Å². The molecule has 2 aliphatic heterocycles. The summed E-state index contributed by atoms with van der Waals surface area (Å²) < 4.78 is 6.04. The van der Waals surface area contributed by atoms with Gasteiger partial charge in [0, 0.05) is 70.0 Å². The van der Waals surface area contributed by atoms with Crippen molar-refractivity contribution in [2.24, 2.45) is 28.1 Å². The number of aromatic nitrogens is 1. The minimum atomic E-state index is -0.168. The van der Waals surface area contributed by atoms with E-state index in [1.165, 1.54) is 45.3 Å². The Hall–Kier alpha value is -2.62. The minimum Gasteiger partial charge on any atom is -0.477 e. The lowest BCUT2D eigenvalue weighted by Crippen LogP contribution is -2.64. The number of fused-ring (bicyclic) bond motifs is 1. The Morgan fingerprint density at radius 1 is 0.873 bits per heavy atom. The van der Waals surface area contributed by atoms with Crippen LogP contribution in [0.5, 0.6) is 5.88 Å². The van der Waals surface area contributed by atoms with Crippen LogP contribution < -0.4 is 15.4 Å². The Bertz CT molecular complexity index is 1790. The number of benzene rings is 2. The molecule has 8 rings (SSSR count). The van der Waals surface area contributed by atoms with Crippen molar-refractivity contribution in [1.29, 1.82) is 0 Å². The number of nitrogens with zero attached hydrogens (tertiary/aromatic N) is 3. The summed E-state index contributed by atoms with van der Waals surface area (Å²) in [5.74, 6) is 1.56. The molecule has 11 heteroatoms. The van der Waals surface area contributed by atoms with Gasteiger partial charge in [-0.1, -0.05) is 68.1 Å². The van der Waals surface area contributed by atoms with E-state index in [-0.39, 0.29) is 23.3 Å². The maximum atomic E-state index is 12.4. The molecule has 2 amide bonds. The molecule has 0 radical (unpaired) electrons. The van der Waals surface area contributed by atoms with Gasteiger partial charge in [-0.3, -0.25) is 14.5 Å². The van der Waals surface area contributed by atoms with Crippen molar-refractivity contribution in [3.8, 4) is 5.88 Å². The third kappa shape index (κ3) is 10.7. The predicted molar refractivity (Wildman–Crippen MR) is 226 cm³/mol. The smallest absolute Gasteiger partial charge is 0.234 e. The van der Waals surface area contributed by atoms with Gasteiger partial charge >= 0.3 is 0 Å². The van der Waals surface area contributed by atoms with Crippen LogP contribution in [0.25, 0.3) is 10.8 Å². The summed E-state index contributed by atoms with van der Waals surface area (Å²) in [4.78, 5) is 33.7. The Morgan fingerprint density at radius 2 is 1.51 bits per heavy atom. The van der Waals surface area contributed by atoms with Gasteiger partial charge in [-0.2, -0.15) is 0 Å². The Labute approximate surface area is 343 Å². The van der Waals surface area contributed by atoms with Gasteiger partial charge in [-0.25, -0.2) is 4.98 Å². The summed E-state index contributed by atoms with van der Waals surface area (Å²) in [5.41, 5.74) is 1.94. The number of carbonyl (C=O) groups is 2. The number of likely N-dealkylation sites (tertiary alicyclic amines) is 2. The molecule has 5 fully saturated rings. The molecule has 2 aromatic carbocycles. The fourth-order valence-corrected chi connectivity index (χ4v) is 10.2. The van der Waals surface area contributed by atoms with Crippen molar-refractivity contribution >= 4 is 63.1 Å². The number of nitrogens with one attached hydrogen (secondary N) is 2. The van der Waals surface area contributed by atoms with Gasteiger partial charge in [0.05, 0.1) is 13.2 Å². The number of anilines is 1. The fourth-order valence-electron chi connectivity index (χ4n) is 9.46. The van der Waals surface area contributed by atoms with Crippen LogP contribution in [0.4, 0.5) is 5.69 Å². The maximum Gasteiger partial charge on any atom is 0.234 e. The number of amides is 2. The highest BCUT2D eigenvalue weighted by atomic mass is 35.5. The third-order valence-corrected chi connectivity index (χ3v) is 12.8. The van der Waals surface area contributed by atoms with Gasteiger partial charge in [-0.05, 0) is 136 Å². The average Bonchev–Trinajstić information content (AvgIpc) is 3.02. The molecule has 300 valence electrons. The summed E-state index contributed by atoms with van der Waals surface area (Å²) in [6.07, 6.45) is 11.7. The highest BCUT2D eigenvalue weighted by Crippen LogP contribution is 2.53. The molecule has 3 aromatic rings. The molecule has 2 N–H and O–H groups in total. The molecule has 1 aromatic heterocycles. The zero-order valence-corrected chi connectivity index (χ0v) is 35.8. The van der Waals surface area contributed by atoms with Crippen molar-refractivity contribution in [3.05, 3.63) is 63.7 Å². The van der Waals surface area contributed by atoms with Crippen LogP contribution in [-0.2, 0) is 9.59 Å². The number of hydrogen-bond donors (Lipinski definition) is 2. The van der Waals surface area contributed by atoms with Crippen LogP contribution in [0.3, 0.4) is 0 Å². The zero-order chi connectivity index (χ0) is 39.6. The topological polar surface area (TPSA) is 86.8 Å². The Kier molecular flexibility index (Phi) is 13.0. The maximum absolute atomic E-state index is 12.4. The quantitative estimate of drug-likeness (QED) is 0.212. The van der Waals surface area contributed by atoms with E-state index < -0.39 is 0 Å². The van der Waals surface area contributed by atoms with Gasteiger partial charge in [0.15, 0.2) is 0 Å². The molecule has 3 aliphatic carbocycles. The molecule has 2 saturated heterocycles. The van der Waals surface area contributed by atoms with Gasteiger partial charge in [-0.15, -0.1) is 0 Å². The van der Waals surface area contributed by atoms with Crippen molar-refractivity contribution in [3.63, 3.8) is 0 Å². The highest BCUT2D eigenvalue weighted by molar-refractivity contribution is 6.35. The predicted octanol–water partition coefficient (Wildman–Crippen LogP) is 10.1. The second kappa shape index (κ2) is 17.1. The normalized spacial score (nSPS) is 21.0. The molecule has 55 heavy (non-hydrogen) atoms. The number of pyridine rings is 1. The lowest BCUT2D eigenvalue weighted by atomic mass is 9.57. The van der Waals surface area contributed by atoms with Crippen molar-refractivity contribution in [1.82, 2.24) is 20.1 Å². The Morgan fingerprint density at radius 3 is 2.13 bits per heavy atom. The number of ether oxygens (including phenoxy) is 1. The summed E-state index contributed by atoms with van der Waals surface area (Å²) in [6.45, 7) is 19.3.